The molecular formula is C12H20N2O5. The summed E-state index contributed by atoms with van der Waals surface area (Å²) >= 11 is 0. The number of carbonyl (C=O) groups excluding carboxylic acids is 1. The molecule has 2 rings (SSSR count). The minimum Gasteiger partial charge on any atom is -0.479 e. The molecule has 2 fully saturated rings. The van der Waals surface area contributed by atoms with Gasteiger partial charge in [-0.25, -0.2) is 9.59 Å². The van der Waals surface area contributed by atoms with E-state index in [1.54, 1.807) is 4.90 Å². The summed E-state index contributed by atoms with van der Waals surface area (Å²) in [7, 11) is 0. The molecule has 2 aliphatic rings. The van der Waals surface area contributed by atoms with Gasteiger partial charge in [-0.05, 0) is 18.8 Å². The second-order valence-corrected chi connectivity index (χ2v) is 5.23. The van der Waals surface area contributed by atoms with Crippen LogP contribution in [0.2, 0.25) is 0 Å². The van der Waals surface area contributed by atoms with Crippen LogP contribution in [0.5, 0.6) is 0 Å². The number of ether oxygens (including phenoxy) is 1. The van der Waals surface area contributed by atoms with Gasteiger partial charge in [0.15, 0.2) is 5.54 Å². The fraction of sp³-hybridized carbons (Fsp3) is 0.833. The van der Waals surface area contributed by atoms with Crippen molar-refractivity contribution in [2.75, 3.05) is 32.9 Å². The number of hydrogen-bond acceptors (Lipinski definition) is 4. The predicted molar refractivity (Wildman–Crippen MR) is 65.7 cm³/mol. The summed E-state index contributed by atoms with van der Waals surface area (Å²) in [4.78, 5) is 25.0. The number of likely N-dealkylation sites (tertiary alicyclic amines) is 1. The average Bonchev–Trinajstić information content (AvgIpc) is 2.99. The molecule has 0 spiro atoms. The van der Waals surface area contributed by atoms with Crippen LogP contribution >= 0.6 is 0 Å². The number of carboxylic acid groups (broad SMARTS) is 1. The largest absolute Gasteiger partial charge is 0.479 e. The molecular weight excluding hydrogens is 252 g/mol. The maximum absolute atomic E-state index is 12.1. The minimum absolute atomic E-state index is 0.0159. The third kappa shape index (κ3) is 2.98. The highest BCUT2D eigenvalue weighted by Crippen LogP contribution is 2.22. The van der Waals surface area contributed by atoms with Gasteiger partial charge in [-0.1, -0.05) is 0 Å². The number of urea groups is 1. The van der Waals surface area contributed by atoms with Crippen LogP contribution in [-0.2, 0) is 9.53 Å². The standard InChI is InChI=1S/C12H20N2O5/c15-5-2-9-1-4-14(7-9)11(18)13-12(10(16)17)3-6-19-8-12/h9,15H,1-8H2,(H,13,18)(H,16,17). The Morgan fingerprint density at radius 1 is 1.47 bits per heavy atom. The van der Waals surface area contributed by atoms with E-state index in [2.05, 4.69) is 5.32 Å². The highest BCUT2D eigenvalue weighted by Gasteiger charge is 2.45. The second-order valence-electron chi connectivity index (χ2n) is 5.23. The van der Waals surface area contributed by atoms with Crippen LogP contribution in [0.4, 0.5) is 4.79 Å². The maximum atomic E-state index is 12.1. The van der Waals surface area contributed by atoms with Crippen molar-refractivity contribution in [2.24, 2.45) is 5.92 Å². The molecule has 0 aromatic rings. The number of aliphatic hydroxyl groups excluding tert-OH is 1. The molecule has 2 amide bonds. The van der Waals surface area contributed by atoms with Gasteiger partial charge in [0.25, 0.3) is 0 Å². The molecule has 2 saturated heterocycles. The first kappa shape index (κ1) is 14.1. The first-order valence-electron chi connectivity index (χ1n) is 6.56. The van der Waals surface area contributed by atoms with Gasteiger partial charge in [-0.15, -0.1) is 0 Å². The number of carbonyl (C=O) groups is 2. The van der Waals surface area contributed by atoms with Crippen LogP contribution in [0.25, 0.3) is 0 Å². The molecule has 3 N–H and O–H groups in total. The number of nitrogens with zero attached hydrogens (tertiary/aromatic N) is 1. The van der Waals surface area contributed by atoms with Crippen molar-refractivity contribution in [2.45, 2.75) is 24.8 Å². The molecule has 19 heavy (non-hydrogen) atoms. The summed E-state index contributed by atoms with van der Waals surface area (Å²) in [5, 5.41) is 20.7. The molecule has 0 saturated carbocycles. The van der Waals surface area contributed by atoms with Gasteiger partial charge in [-0.3, -0.25) is 0 Å². The Hall–Kier alpha value is -1.34. The van der Waals surface area contributed by atoms with E-state index >= 15 is 0 Å². The number of hydrogen-bond donors (Lipinski definition) is 3. The summed E-state index contributed by atoms with van der Waals surface area (Å²) in [6.45, 7) is 1.66. The molecule has 7 heteroatoms. The number of aliphatic hydroxyl groups is 1. The zero-order valence-electron chi connectivity index (χ0n) is 10.8. The second kappa shape index (κ2) is 5.75. The first-order valence-corrected chi connectivity index (χ1v) is 6.56. The summed E-state index contributed by atoms with van der Waals surface area (Å²) in [6, 6.07) is -0.353. The van der Waals surface area contributed by atoms with E-state index in [1.165, 1.54) is 0 Å². The van der Waals surface area contributed by atoms with Crippen LogP contribution < -0.4 is 5.32 Å². The molecule has 2 heterocycles. The van der Waals surface area contributed by atoms with Crippen LogP contribution in [0.1, 0.15) is 19.3 Å². The van der Waals surface area contributed by atoms with Crippen LogP contribution in [0.15, 0.2) is 0 Å². The summed E-state index contributed by atoms with van der Waals surface area (Å²) in [5.41, 5.74) is -1.29. The van der Waals surface area contributed by atoms with Crippen molar-refractivity contribution in [1.82, 2.24) is 10.2 Å². The maximum Gasteiger partial charge on any atom is 0.332 e. The molecule has 0 aliphatic carbocycles. The third-order valence-electron chi connectivity index (χ3n) is 3.89. The van der Waals surface area contributed by atoms with Crippen LogP contribution in [0.3, 0.4) is 0 Å². The highest BCUT2D eigenvalue weighted by atomic mass is 16.5. The molecule has 7 nitrogen and oxygen atoms in total. The van der Waals surface area contributed by atoms with Gasteiger partial charge in [0.2, 0.25) is 0 Å². The van der Waals surface area contributed by atoms with Gasteiger partial charge in [0, 0.05) is 32.7 Å². The molecule has 0 radical (unpaired) electrons. The fourth-order valence-corrected chi connectivity index (χ4v) is 2.60. The SMILES string of the molecule is O=C(NC1(C(=O)O)CCOC1)N1CCC(CCO)C1. The van der Waals surface area contributed by atoms with Crippen molar-refractivity contribution in [1.29, 1.82) is 0 Å². The Balaban J connectivity index is 1.92. The molecule has 2 atom stereocenters. The quantitative estimate of drug-likeness (QED) is 0.649. The molecule has 0 bridgehead atoms. The summed E-state index contributed by atoms with van der Waals surface area (Å²) in [5.74, 6) is -0.749. The van der Waals surface area contributed by atoms with Gasteiger partial charge in [0.1, 0.15) is 0 Å². The Labute approximate surface area is 111 Å². The zero-order valence-corrected chi connectivity index (χ0v) is 10.8. The van der Waals surface area contributed by atoms with Gasteiger partial charge >= 0.3 is 12.0 Å². The van der Waals surface area contributed by atoms with Crippen molar-refractivity contribution in [3.63, 3.8) is 0 Å². The lowest BCUT2D eigenvalue weighted by molar-refractivity contribution is -0.144. The summed E-state index contributed by atoms with van der Waals surface area (Å²) < 4.78 is 5.10. The number of rotatable bonds is 4. The molecule has 0 aromatic carbocycles. The van der Waals surface area contributed by atoms with Crippen molar-refractivity contribution >= 4 is 12.0 Å². The van der Waals surface area contributed by atoms with E-state index in [4.69, 9.17) is 9.84 Å². The Morgan fingerprint density at radius 3 is 2.84 bits per heavy atom. The minimum atomic E-state index is -1.29. The molecule has 2 unspecified atom stereocenters. The lowest BCUT2D eigenvalue weighted by Crippen LogP contribution is -2.58. The van der Waals surface area contributed by atoms with Crippen LogP contribution in [-0.4, -0.2) is 65.6 Å². The number of amides is 2. The number of carboxylic acids is 1. The number of aliphatic carboxylic acids is 1. The van der Waals surface area contributed by atoms with Gasteiger partial charge in [-0.2, -0.15) is 0 Å². The Morgan fingerprint density at radius 2 is 2.26 bits per heavy atom. The molecule has 0 aromatic heterocycles. The van der Waals surface area contributed by atoms with Gasteiger partial charge < -0.3 is 25.2 Å². The summed E-state index contributed by atoms with van der Waals surface area (Å²) in [6.07, 6.45) is 1.82. The highest BCUT2D eigenvalue weighted by molar-refractivity contribution is 5.86. The predicted octanol–water partition coefficient (Wildman–Crippen LogP) is -0.356. The van der Waals surface area contributed by atoms with E-state index in [1.807, 2.05) is 0 Å². The van der Waals surface area contributed by atoms with E-state index in [9.17, 15) is 14.7 Å². The van der Waals surface area contributed by atoms with Crippen molar-refractivity contribution < 1.29 is 24.5 Å². The number of nitrogens with one attached hydrogen (secondary N) is 1. The molecule has 2 aliphatic heterocycles. The van der Waals surface area contributed by atoms with E-state index in [0.717, 1.165) is 6.42 Å². The van der Waals surface area contributed by atoms with Crippen molar-refractivity contribution in [3.05, 3.63) is 0 Å². The van der Waals surface area contributed by atoms with Gasteiger partial charge in [0.05, 0.1) is 6.61 Å². The average molecular weight is 272 g/mol. The fourth-order valence-electron chi connectivity index (χ4n) is 2.60. The Bertz CT molecular complexity index is 354. The lowest BCUT2D eigenvalue weighted by Gasteiger charge is -2.27. The first-order chi connectivity index (χ1) is 9.07. The normalized spacial score (nSPS) is 30.6. The van der Waals surface area contributed by atoms with E-state index in [-0.39, 0.29) is 19.2 Å². The molecule has 108 valence electrons. The van der Waals surface area contributed by atoms with Crippen molar-refractivity contribution in [3.8, 4) is 0 Å². The topological polar surface area (TPSA) is 99.1 Å². The third-order valence-corrected chi connectivity index (χ3v) is 3.89. The monoisotopic (exact) mass is 272 g/mol. The van der Waals surface area contributed by atoms with Crippen LogP contribution in [0, 0.1) is 5.92 Å². The Kier molecular flexibility index (Phi) is 4.26. The smallest absolute Gasteiger partial charge is 0.332 e. The van der Waals surface area contributed by atoms with E-state index < -0.39 is 11.5 Å². The van der Waals surface area contributed by atoms with E-state index in [0.29, 0.717) is 38.5 Å². The zero-order chi connectivity index (χ0) is 13.9. The lowest BCUT2D eigenvalue weighted by atomic mass is 9.99.